The summed E-state index contributed by atoms with van der Waals surface area (Å²) in [6.07, 6.45) is 1.43. The molecule has 0 aliphatic heterocycles. The Morgan fingerprint density at radius 1 is 0.688 bits per heavy atom. The number of carboxylic acids is 1. The van der Waals surface area contributed by atoms with Crippen molar-refractivity contribution in [1.29, 1.82) is 0 Å². The Bertz CT molecular complexity index is 1050. The zero-order valence-corrected chi connectivity index (χ0v) is 20.6. The van der Waals surface area contributed by atoms with E-state index in [0.29, 0.717) is 5.56 Å². The van der Waals surface area contributed by atoms with Crippen LogP contribution in [0.3, 0.4) is 0 Å². The SMILES string of the molecule is C/C(=C\c1ccc(F)cc1)C(=O)[O-].c1cc[c]([Sn+]([c]2ccccc2)[c]2ccccc2)cc1. The van der Waals surface area contributed by atoms with Crippen molar-refractivity contribution in [2.45, 2.75) is 6.92 Å². The van der Waals surface area contributed by atoms with Gasteiger partial charge in [0.15, 0.2) is 0 Å². The van der Waals surface area contributed by atoms with Crippen LogP contribution in [0.4, 0.5) is 4.39 Å². The maximum absolute atomic E-state index is 12.4. The quantitative estimate of drug-likeness (QED) is 0.295. The molecule has 0 saturated heterocycles. The molecule has 0 unspecified atom stereocenters. The molecule has 4 heteroatoms. The van der Waals surface area contributed by atoms with Crippen LogP contribution in [0.1, 0.15) is 12.5 Å². The van der Waals surface area contributed by atoms with Gasteiger partial charge in [-0.2, -0.15) is 0 Å². The fourth-order valence-corrected chi connectivity index (χ4v) is 10.5. The van der Waals surface area contributed by atoms with Crippen LogP contribution in [0, 0.1) is 5.82 Å². The fourth-order valence-electron chi connectivity index (χ4n) is 3.18. The van der Waals surface area contributed by atoms with E-state index in [9.17, 15) is 14.3 Å². The summed E-state index contributed by atoms with van der Waals surface area (Å²) in [5.74, 6) is -1.56. The molecule has 32 heavy (non-hydrogen) atoms. The van der Waals surface area contributed by atoms with Gasteiger partial charge in [0.05, 0.1) is 5.97 Å². The third kappa shape index (κ3) is 6.92. The molecule has 0 radical (unpaired) electrons. The molecular formula is C28H23FO2Sn. The first-order chi connectivity index (χ1) is 15.5. The van der Waals surface area contributed by atoms with Crippen molar-refractivity contribution in [3.05, 3.63) is 132 Å². The molecule has 0 N–H and O–H groups in total. The van der Waals surface area contributed by atoms with Gasteiger partial charge in [0.1, 0.15) is 5.82 Å². The van der Waals surface area contributed by atoms with Crippen molar-refractivity contribution >= 4 is 42.5 Å². The van der Waals surface area contributed by atoms with Gasteiger partial charge in [-0.15, -0.1) is 0 Å². The predicted molar refractivity (Wildman–Crippen MR) is 129 cm³/mol. The van der Waals surface area contributed by atoms with Crippen molar-refractivity contribution in [2.75, 3.05) is 0 Å². The van der Waals surface area contributed by atoms with E-state index in [1.54, 1.807) is 0 Å². The summed E-state index contributed by atoms with van der Waals surface area (Å²) < 4.78 is 17.0. The Morgan fingerprint density at radius 2 is 1.06 bits per heavy atom. The Labute approximate surface area is 195 Å². The Balaban J connectivity index is 0.000000195. The van der Waals surface area contributed by atoms with Crippen LogP contribution in [0.15, 0.2) is 121 Å². The van der Waals surface area contributed by atoms with Crippen molar-refractivity contribution in [2.24, 2.45) is 0 Å². The van der Waals surface area contributed by atoms with Crippen LogP contribution >= 0.6 is 0 Å². The first-order valence-electron chi connectivity index (χ1n) is 10.2. The van der Waals surface area contributed by atoms with E-state index in [2.05, 4.69) is 91.0 Å². The van der Waals surface area contributed by atoms with Gasteiger partial charge in [0, 0.05) is 0 Å². The van der Waals surface area contributed by atoms with Gasteiger partial charge in [0.2, 0.25) is 0 Å². The number of carbonyl (C=O) groups is 1. The van der Waals surface area contributed by atoms with Gasteiger partial charge in [0.25, 0.3) is 0 Å². The summed E-state index contributed by atoms with van der Waals surface area (Å²) in [6.45, 7) is 1.43. The molecule has 0 aliphatic carbocycles. The summed E-state index contributed by atoms with van der Waals surface area (Å²) >= 11 is -1.98. The molecule has 0 saturated carbocycles. The van der Waals surface area contributed by atoms with Gasteiger partial charge in [-0.3, -0.25) is 0 Å². The summed E-state index contributed by atoms with van der Waals surface area (Å²) in [7, 11) is 0. The van der Waals surface area contributed by atoms with Crippen molar-refractivity contribution < 1.29 is 14.3 Å². The number of carboxylic acid groups (broad SMARTS) is 1. The van der Waals surface area contributed by atoms with Crippen LogP contribution < -0.4 is 15.8 Å². The number of aliphatic carboxylic acids is 1. The summed E-state index contributed by atoms with van der Waals surface area (Å²) in [5.41, 5.74) is 0.759. The molecule has 2 nitrogen and oxygen atoms in total. The number of rotatable bonds is 5. The topological polar surface area (TPSA) is 40.1 Å². The zero-order chi connectivity index (χ0) is 22.8. The number of hydrogen-bond acceptors (Lipinski definition) is 2. The number of hydrogen-bond donors (Lipinski definition) is 0. The Hall–Kier alpha value is -3.18. The number of halogens is 1. The van der Waals surface area contributed by atoms with E-state index in [0.717, 1.165) is 0 Å². The molecular weight excluding hydrogens is 506 g/mol. The van der Waals surface area contributed by atoms with E-state index >= 15 is 0 Å². The summed E-state index contributed by atoms with van der Waals surface area (Å²) in [5, 5.41) is 10.3. The second-order valence-electron chi connectivity index (χ2n) is 7.14. The zero-order valence-electron chi connectivity index (χ0n) is 17.7. The molecule has 0 atom stereocenters. The van der Waals surface area contributed by atoms with Crippen molar-refractivity contribution in [3.63, 3.8) is 0 Å². The second kappa shape index (κ2) is 12.0. The molecule has 4 aromatic carbocycles. The van der Waals surface area contributed by atoms with Crippen LogP contribution in [-0.2, 0) is 4.79 Å². The molecule has 0 aromatic heterocycles. The first-order valence-corrected chi connectivity index (χ1v) is 14.5. The van der Waals surface area contributed by atoms with Crippen molar-refractivity contribution in [3.8, 4) is 0 Å². The minimum atomic E-state index is -1.98. The standard InChI is InChI=1S/C10H9FO2.3C6H5.Sn/c1-7(10(12)13)6-8-2-4-9(11)5-3-8;3*1-2-4-6-5-3-1;/h2-6H,1H3,(H,12,13);3*1-5H;/q;;;;+1/p-1/b7-6+;;;;. The van der Waals surface area contributed by atoms with Gasteiger partial charge < -0.3 is 9.90 Å². The summed E-state index contributed by atoms with van der Waals surface area (Å²) in [4.78, 5) is 10.3. The summed E-state index contributed by atoms with van der Waals surface area (Å²) in [6, 6.07) is 38.5. The molecule has 4 rings (SSSR count). The maximum atomic E-state index is 12.4. The van der Waals surface area contributed by atoms with Crippen LogP contribution in [-0.4, -0.2) is 25.7 Å². The van der Waals surface area contributed by atoms with E-state index in [1.165, 1.54) is 48.0 Å². The predicted octanol–water partition coefficient (Wildman–Crippen LogP) is 3.18. The monoisotopic (exact) mass is 530 g/mol. The molecule has 0 fully saturated rings. The van der Waals surface area contributed by atoms with E-state index in [-0.39, 0.29) is 11.4 Å². The molecule has 0 aliphatic rings. The Kier molecular flexibility index (Phi) is 8.81. The number of carbonyl (C=O) groups excluding carboxylic acids is 1. The van der Waals surface area contributed by atoms with E-state index < -0.39 is 25.7 Å². The van der Waals surface area contributed by atoms with Crippen LogP contribution in [0.5, 0.6) is 0 Å². The fraction of sp³-hybridized carbons (Fsp3) is 0.0357. The third-order valence-corrected chi connectivity index (χ3v) is 12.6. The average Bonchev–Trinajstić information content (AvgIpc) is 2.83. The molecule has 158 valence electrons. The second-order valence-corrected chi connectivity index (χ2v) is 14.2. The third-order valence-electron chi connectivity index (χ3n) is 4.76. The van der Waals surface area contributed by atoms with Crippen LogP contribution in [0.25, 0.3) is 6.08 Å². The van der Waals surface area contributed by atoms with Crippen molar-refractivity contribution in [1.82, 2.24) is 0 Å². The first kappa shape index (κ1) is 23.5. The van der Waals surface area contributed by atoms with E-state index in [1.807, 2.05) is 0 Å². The van der Waals surface area contributed by atoms with E-state index in [4.69, 9.17) is 0 Å². The molecule has 4 aromatic rings. The van der Waals surface area contributed by atoms with Gasteiger partial charge in [-0.1, -0.05) is 18.2 Å². The molecule has 0 bridgehead atoms. The minimum absolute atomic E-state index is 0.117. The Morgan fingerprint density at radius 3 is 1.41 bits per heavy atom. The van der Waals surface area contributed by atoms with Gasteiger partial charge in [-0.25, -0.2) is 4.39 Å². The molecule has 0 heterocycles. The number of benzene rings is 4. The van der Waals surface area contributed by atoms with Crippen LogP contribution in [0.2, 0.25) is 0 Å². The average molecular weight is 529 g/mol. The normalized spacial score (nSPS) is 10.6. The molecule has 0 spiro atoms. The van der Waals surface area contributed by atoms with Gasteiger partial charge in [-0.05, 0) is 30.2 Å². The van der Waals surface area contributed by atoms with Gasteiger partial charge >= 0.3 is 121 Å². The molecule has 0 amide bonds.